The Morgan fingerprint density at radius 1 is 0.833 bits per heavy atom. The van der Waals surface area contributed by atoms with Crippen molar-refractivity contribution in [3.05, 3.63) is 71.3 Å². The van der Waals surface area contributed by atoms with Crippen LogP contribution in [0, 0.1) is 0 Å². The summed E-state index contributed by atoms with van der Waals surface area (Å²) in [5.41, 5.74) is 3.31. The molecule has 0 spiro atoms. The third kappa shape index (κ3) is 4.70. The highest BCUT2D eigenvalue weighted by molar-refractivity contribution is 5.95. The molecule has 2 nitrogen and oxygen atoms in total. The first-order valence-electron chi connectivity index (χ1n) is 9.25. The van der Waals surface area contributed by atoms with Gasteiger partial charge in [-0.3, -0.25) is 4.79 Å². The molecule has 0 unspecified atom stereocenters. The van der Waals surface area contributed by atoms with Crippen molar-refractivity contribution in [2.24, 2.45) is 0 Å². The first-order chi connectivity index (χ1) is 11.8. The smallest absolute Gasteiger partial charge is 0.251 e. The summed E-state index contributed by atoms with van der Waals surface area (Å²) in [5.74, 6) is 0.102. The molecule has 0 bridgehead atoms. The van der Waals surface area contributed by atoms with Gasteiger partial charge in [-0.25, -0.2) is 0 Å². The van der Waals surface area contributed by atoms with Crippen LogP contribution in [-0.2, 0) is 12.8 Å². The van der Waals surface area contributed by atoms with Gasteiger partial charge in [-0.15, -0.1) is 0 Å². The second-order valence-corrected chi connectivity index (χ2v) is 6.80. The predicted octanol–water partition coefficient (Wildman–Crippen LogP) is 4.92. The average Bonchev–Trinajstić information content (AvgIpc) is 2.90. The van der Waals surface area contributed by atoms with Crippen molar-refractivity contribution >= 4 is 5.91 Å². The van der Waals surface area contributed by atoms with E-state index in [1.807, 2.05) is 24.3 Å². The van der Waals surface area contributed by atoms with Crippen LogP contribution in [0.25, 0.3) is 0 Å². The Kier molecular flexibility index (Phi) is 6.06. The lowest BCUT2D eigenvalue weighted by Gasteiger charge is -2.17. The number of benzene rings is 2. The van der Waals surface area contributed by atoms with E-state index in [4.69, 9.17) is 0 Å². The Hall–Kier alpha value is -2.09. The van der Waals surface area contributed by atoms with Gasteiger partial charge in [0, 0.05) is 11.6 Å². The number of amides is 1. The second kappa shape index (κ2) is 8.68. The third-order valence-electron chi connectivity index (χ3n) is 4.98. The maximum absolute atomic E-state index is 12.7. The molecule has 1 amide bonds. The molecule has 0 heterocycles. The van der Waals surface area contributed by atoms with Crippen LogP contribution in [0.15, 0.2) is 54.6 Å². The summed E-state index contributed by atoms with van der Waals surface area (Å²) in [6.45, 7) is 0. The first kappa shape index (κ1) is 16.8. The van der Waals surface area contributed by atoms with Gasteiger partial charge < -0.3 is 5.32 Å². The maximum Gasteiger partial charge on any atom is 0.251 e. The average molecular weight is 321 g/mol. The van der Waals surface area contributed by atoms with E-state index in [0.29, 0.717) is 6.04 Å². The normalized spacial score (nSPS) is 15.7. The zero-order chi connectivity index (χ0) is 16.6. The van der Waals surface area contributed by atoms with Gasteiger partial charge in [-0.2, -0.15) is 0 Å². The van der Waals surface area contributed by atoms with Crippen molar-refractivity contribution < 1.29 is 4.79 Å². The van der Waals surface area contributed by atoms with Crippen LogP contribution in [-0.4, -0.2) is 11.9 Å². The zero-order valence-corrected chi connectivity index (χ0v) is 14.3. The molecule has 24 heavy (non-hydrogen) atoms. The number of carbonyl (C=O) groups is 1. The number of aryl methyl sites for hydroxylation is 2. The number of nitrogens with one attached hydrogen (secondary N) is 1. The molecule has 0 atom stereocenters. The highest BCUT2D eigenvalue weighted by Gasteiger charge is 2.17. The fourth-order valence-corrected chi connectivity index (χ4v) is 3.57. The van der Waals surface area contributed by atoms with Crippen LogP contribution in [0.3, 0.4) is 0 Å². The second-order valence-electron chi connectivity index (χ2n) is 6.80. The molecular weight excluding hydrogens is 294 g/mol. The molecule has 1 N–H and O–H groups in total. The minimum Gasteiger partial charge on any atom is -0.349 e. The molecule has 2 heteroatoms. The third-order valence-corrected chi connectivity index (χ3v) is 4.98. The highest BCUT2D eigenvalue weighted by Crippen LogP contribution is 2.19. The Balaban J connectivity index is 1.65. The minimum absolute atomic E-state index is 0.102. The lowest BCUT2D eigenvalue weighted by Crippen LogP contribution is -2.34. The van der Waals surface area contributed by atoms with Crippen molar-refractivity contribution in [2.75, 3.05) is 0 Å². The molecule has 126 valence electrons. The Morgan fingerprint density at radius 3 is 2.25 bits per heavy atom. The Morgan fingerprint density at radius 2 is 1.50 bits per heavy atom. The van der Waals surface area contributed by atoms with E-state index in [1.165, 1.54) is 31.2 Å². The SMILES string of the molecule is O=C(NC1CCCCCC1)c1ccccc1CCc1ccccc1. The summed E-state index contributed by atoms with van der Waals surface area (Å²) in [4.78, 5) is 12.7. The molecule has 1 saturated carbocycles. The highest BCUT2D eigenvalue weighted by atomic mass is 16.1. The number of rotatable bonds is 5. The summed E-state index contributed by atoms with van der Waals surface area (Å²) in [5, 5.41) is 3.27. The first-order valence-corrected chi connectivity index (χ1v) is 9.25. The summed E-state index contributed by atoms with van der Waals surface area (Å²) in [6.07, 6.45) is 9.20. The van der Waals surface area contributed by atoms with Crippen LogP contribution < -0.4 is 5.32 Å². The topological polar surface area (TPSA) is 29.1 Å². The van der Waals surface area contributed by atoms with E-state index >= 15 is 0 Å². The molecule has 0 aliphatic heterocycles. The van der Waals surface area contributed by atoms with E-state index in [-0.39, 0.29) is 5.91 Å². The standard InChI is InChI=1S/C22H27NO/c24-22(23-20-13-6-1-2-7-14-20)21-15-9-8-12-19(21)17-16-18-10-4-3-5-11-18/h3-5,8-12,15,20H,1-2,6-7,13-14,16-17H2,(H,23,24). The van der Waals surface area contributed by atoms with E-state index in [9.17, 15) is 4.79 Å². The van der Waals surface area contributed by atoms with E-state index < -0.39 is 0 Å². The fraction of sp³-hybridized carbons (Fsp3) is 0.409. The van der Waals surface area contributed by atoms with Crippen LogP contribution in [0.2, 0.25) is 0 Å². The number of hydrogen-bond donors (Lipinski definition) is 1. The predicted molar refractivity (Wildman–Crippen MR) is 99.2 cm³/mol. The molecule has 1 aliphatic carbocycles. The molecule has 2 aromatic carbocycles. The van der Waals surface area contributed by atoms with Crippen molar-refractivity contribution in [1.29, 1.82) is 0 Å². The molecule has 0 saturated heterocycles. The van der Waals surface area contributed by atoms with Gasteiger partial charge in [0.05, 0.1) is 0 Å². The van der Waals surface area contributed by atoms with Crippen LogP contribution in [0.4, 0.5) is 0 Å². The summed E-state index contributed by atoms with van der Waals surface area (Å²) in [7, 11) is 0. The van der Waals surface area contributed by atoms with Crippen LogP contribution in [0.5, 0.6) is 0 Å². The van der Waals surface area contributed by atoms with Crippen molar-refractivity contribution in [2.45, 2.75) is 57.4 Å². The van der Waals surface area contributed by atoms with Crippen LogP contribution >= 0.6 is 0 Å². The van der Waals surface area contributed by atoms with Gasteiger partial charge in [0.15, 0.2) is 0 Å². The molecule has 2 aromatic rings. The lowest BCUT2D eigenvalue weighted by molar-refractivity contribution is 0.0932. The fourth-order valence-electron chi connectivity index (χ4n) is 3.57. The summed E-state index contributed by atoms with van der Waals surface area (Å²) < 4.78 is 0. The van der Waals surface area contributed by atoms with Gasteiger partial charge in [0.1, 0.15) is 0 Å². The maximum atomic E-state index is 12.7. The summed E-state index contributed by atoms with van der Waals surface area (Å²) in [6, 6.07) is 18.9. The molecule has 1 aliphatic rings. The quantitative estimate of drug-likeness (QED) is 0.778. The van der Waals surface area contributed by atoms with Gasteiger partial charge in [-0.05, 0) is 42.9 Å². The number of hydrogen-bond acceptors (Lipinski definition) is 1. The van der Waals surface area contributed by atoms with Gasteiger partial charge in [0.2, 0.25) is 0 Å². The van der Waals surface area contributed by atoms with Gasteiger partial charge in [-0.1, -0.05) is 74.2 Å². The van der Waals surface area contributed by atoms with Gasteiger partial charge >= 0.3 is 0 Å². The molecule has 0 aromatic heterocycles. The Labute approximate surface area is 145 Å². The van der Waals surface area contributed by atoms with Crippen molar-refractivity contribution in [1.82, 2.24) is 5.32 Å². The van der Waals surface area contributed by atoms with E-state index in [2.05, 4.69) is 35.6 Å². The van der Waals surface area contributed by atoms with E-state index in [0.717, 1.165) is 36.8 Å². The number of carbonyl (C=O) groups excluding carboxylic acids is 1. The van der Waals surface area contributed by atoms with Crippen molar-refractivity contribution in [3.63, 3.8) is 0 Å². The zero-order valence-electron chi connectivity index (χ0n) is 14.3. The molecular formula is C22H27NO. The lowest BCUT2D eigenvalue weighted by atomic mass is 9.99. The molecule has 1 fully saturated rings. The Bertz CT molecular complexity index is 642. The molecule has 0 radical (unpaired) electrons. The van der Waals surface area contributed by atoms with Crippen LogP contribution in [0.1, 0.15) is 60.0 Å². The largest absolute Gasteiger partial charge is 0.349 e. The minimum atomic E-state index is 0.102. The van der Waals surface area contributed by atoms with Gasteiger partial charge in [0.25, 0.3) is 5.91 Å². The summed E-state index contributed by atoms with van der Waals surface area (Å²) >= 11 is 0. The van der Waals surface area contributed by atoms with E-state index in [1.54, 1.807) is 0 Å². The molecule has 3 rings (SSSR count). The monoisotopic (exact) mass is 321 g/mol. The van der Waals surface area contributed by atoms with Crippen molar-refractivity contribution in [3.8, 4) is 0 Å².